The van der Waals surface area contributed by atoms with Crippen molar-refractivity contribution in [3.05, 3.63) is 29.8 Å². The van der Waals surface area contributed by atoms with Crippen LogP contribution >= 0.6 is 0 Å². The Morgan fingerprint density at radius 3 is 2.37 bits per heavy atom. The van der Waals surface area contributed by atoms with Gasteiger partial charge in [0.25, 0.3) is 0 Å². The monoisotopic (exact) mass is 369 g/mol. The fourth-order valence-corrected chi connectivity index (χ4v) is 5.77. The number of nitrogens with one attached hydrogen (secondary N) is 1. The lowest BCUT2D eigenvalue weighted by molar-refractivity contribution is -0.133. The van der Waals surface area contributed by atoms with E-state index in [1.54, 1.807) is 14.0 Å². The third kappa shape index (κ3) is 2.64. The van der Waals surface area contributed by atoms with E-state index in [9.17, 15) is 9.59 Å². The Kier molecular flexibility index (Phi) is 3.93. The third-order valence-electron chi connectivity index (χ3n) is 7.21. The second kappa shape index (κ2) is 6.23. The van der Waals surface area contributed by atoms with Crippen molar-refractivity contribution in [1.82, 2.24) is 15.1 Å². The third-order valence-corrected chi connectivity index (χ3v) is 7.21. The minimum atomic E-state index is 0.0524. The number of likely N-dealkylation sites (tertiary alicyclic amines) is 2. The van der Waals surface area contributed by atoms with Crippen molar-refractivity contribution in [3.8, 4) is 5.75 Å². The summed E-state index contributed by atoms with van der Waals surface area (Å²) in [6.45, 7) is 5.96. The summed E-state index contributed by atoms with van der Waals surface area (Å²) in [6, 6.07) is 8.08. The molecule has 1 aliphatic carbocycles. The molecule has 0 spiro atoms. The van der Waals surface area contributed by atoms with Gasteiger partial charge in [-0.05, 0) is 42.6 Å². The van der Waals surface area contributed by atoms with Crippen molar-refractivity contribution in [3.63, 3.8) is 0 Å². The van der Waals surface area contributed by atoms with Crippen LogP contribution in [0.4, 0.5) is 0 Å². The smallest absolute Gasteiger partial charge is 0.226 e. The van der Waals surface area contributed by atoms with E-state index in [-0.39, 0.29) is 17.9 Å². The summed E-state index contributed by atoms with van der Waals surface area (Å²) in [7, 11) is 1.66. The zero-order valence-electron chi connectivity index (χ0n) is 15.9. The quantitative estimate of drug-likeness (QED) is 0.868. The topological polar surface area (TPSA) is 61.9 Å². The minimum absolute atomic E-state index is 0.0524. The van der Waals surface area contributed by atoms with Gasteiger partial charge in [0.2, 0.25) is 11.8 Å². The lowest BCUT2D eigenvalue weighted by atomic mass is 9.89. The molecule has 6 nitrogen and oxygen atoms in total. The van der Waals surface area contributed by atoms with Gasteiger partial charge in [0.1, 0.15) is 5.75 Å². The lowest BCUT2D eigenvalue weighted by Gasteiger charge is -2.29. The van der Waals surface area contributed by atoms with Gasteiger partial charge in [-0.15, -0.1) is 0 Å². The molecule has 1 aromatic carbocycles. The maximum absolute atomic E-state index is 13.0. The summed E-state index contributed by atoms with van der Waals surface area (Å²) < 4.78 is 5.27. The number of benzene rings is 1. The van der Waals surface area contributed by atoms with E-state index in [1.165, 1.54) is 0 Å². The molecule has 0 aromatic heterocycles. The van der Waals surface area contributed by atoms with Gasteiger partial charge in [-0.25, -0.2) is 0 Å². The molecule has 5 rings (SSSR count). The van der Waals surface area contributed by atoms with E-state index in [0.717, 1.165) is 44.0 Å². The fraction of sp³-hybridized carbons (Fsp3) is 0.619. The van der Waals surface area contributed by atoms with Crippen LogP contribution in [0.5, 0.6) is 5.75 Å². The normalized spacial score (nSPS) is 36.5. The van der Waals surface area contributed by atoms with Crippen LogP contribution < -0.4 is 10.1 Å². The predicted molar refractivity (Wildman–Crippen MR) is 100 cm³/mol. The SMILES string of the molecule is COc1ccc([C@H]2[C@@H]3CN(C(=O)C4[C@H]5CNC[C@@H]45)C[C@@H]3CN2C(C)=O)cc1. The largest absolute Gasteiger partial charge is 0.497 e. The standard InChI is InChI=1S/C21H27N3O3/c1-12(25)24-10-14-9-23(21(26)19-16-7-22-8-17(16)19)11-18(14)20(24)13-3-5-15(27-2)6-4-13/h3-6,14,16-20,22H,7-11H2,1-2H3/t14-,16-,17+,18-,19?,20+/m1/s1. The molecular formula is C21H27N3O3. The maximum atomic E-state index is 13.0. The van der Waals surface area contributed by atoms with Crippen molar-refractivity contribution in [2.24, 2.45) is 29.6 Å². The zero-order valence-corrected chi connectivity index (χ0v) is 15.9. The van der Waals surface area contributed by atoms with E-state index >= 15 is 0 Å². The second-order valence-corrected chi connectivity index (χ2v) is 8.57. The Morgan fingerprint density at radius 2 is 1.74 bits per heavy atom. The average molecular weight is 369 g/mol. The molecule has 6 atom stereocenters. The first-order valence-corrected chi connectivity index (χ1v) is 9.99. The predicted octanol–water partition coefficient (Wildman–Crippen LogP) is 1.14. The number of carbonyl (C=O) groups is 2. The van der Waals surface area contributed by atoms with Gasteiger partial charge in [-0.3, -0.25) is 9.59 Å². The van der Waals surface area contributed by atoms with Crippen LogP contribution in [0, 0.1) is 29.6 Å². The number of methoxy groups -OCH3 is 1. The molecule has 3 saturated heterocycles. The molecule has 144 valence electrons. The Balaban J connectivity index is 1.35. The van der Waals surface area contributed by atoms with Gasteiger partial charge in [-0.1, -0.05) is 12.1 Å². The van der Waals surface area contributed by atoms with Crippen LogP contribution in [0.3, 0.4) is 0 Å². The van der Waals surface area contributed by atoms with Crippen LogP contribution in [-0.4, -0.2) is 61.4 Å². The molecular weight excluding hydrogens is 342 g/mol. The van der Waals surface area contributed by atoms with Crippen molar-refractivity contribution >= 4 is 11.8 Å². The number of hydrogen-bond donors (Lipinski definition) is 1. The highest BCUT2D eigenvalue weighted by Crippen LogP contribution is 2.51. The number of rotatable bonds is 3. The maximum Gasteiger partial charge on any atom is 0.226 e. The molecule has 0 radical (unpaired) electrons. The second-order valence-electron chi connectivity index (χ2n) is 8.57. The number of fused-ring (bicyclic) bond motifs is 2. The Bertz CT molecular complexity index is 754. The number of nitrogens with zero attached hydrogens (tertiary/aromatic N) is 2. The summed E-state index contributed by atoms with van der Waals surface area (Å²) in [6.07, 6.45) is 0. The van der Waals surface area contributed by atoms with Crippen molar-refractivity contribution in [2.45, 2.75) is 13.0 Å². The van der Waals surface area contributed by atoms with Gasteiger partial charge in [0.05, 0.1) is 13.2 Å². The summed E-state index contributed by atoms with van der Waals surface area (Å²) in [5.74, 6) is 3.35. The number of amides is 2. The van der Waals surface area contributed by atoms with E-state index in [2.05, 4.69) is 22.3 Å². The van der Waals surface area contributed by atoms with Gasteiger partial charge in [0, 0.05) is 44.3 Å². The molecule has 1 N–H and O–H groups in total. The molecule has 0 bridgehead atoms. The van der Waals surface area contributed by atoms with Gasteiger partial charge < -0.3 is 19.9 Å². The highest BCUT2D eigenvalue weighted by Gasteiger charge is 2.59. The molecule has 6 heteroatoms. The number of carbonyl (C=O) groups excluding carboxylic acids is 2. The van der Waals surface area contributed by atoms with E-state index < -0.39 is 0 Å². The van der Waals surface area contributed by atoms with Crippen molar-refractivity contribution < 1.29 is 14.3 Å². The molecule has 1 aromatic rings. The summed E-state index contributed by atoms with van der Waals surface area (Å²) >= 11 is 0. The molecule has 1 unspecified atom stereocenters. The fourth-order valence-electron chi connectivity index (χ4n) is 5.77. The van der Waals surface area contributed by atoms with Crippen molar-refractivity contribution in [1.29, 1.82) is 0 Å². The molecule has 27 heavy (non-hydrogen) atoms. The Labute approximate surface area is 159 Å². The van der Waals surface area contributed by atoms with Gasteiger partial charge in [-0.2, -0.15) is 0 Å². The molecule has 1 saturated carbocycles. The summed E-state index contributed by atoms with van der Waals surface area (Å²) in [5.41, 5.74) is 1.14. The zero-order chi connectivity index (χ0) is 18.7. The minimum Gasteiger partial charge on any atom is -0.497 e. The highest BCUT2D eigenvalue weighted by molar-refractivity contribution is 5.83. The number of ether oxygens (including phenoxy) is 1. The van der Waals surface area contributed by atoms with Crippen LogP contribution in [0.1, 0.15) is 18.5 Å². The summed E-state index contributed by atoms with van der Waals surface area (Å²) in [4.78, 5) is 29.3. The molecule has 2 amide bonds. The molecule has 4 fully saturated rings. The Morgan fingerprint density at radius 1 is 1.04 bits per heavy atom. The Hall–Kier alpha value is -2.08. The molecule has 3 aliphatic heterocycles. The first kappa shape index (κ1) is 17.0. The van der Waals surface area contributed by atoms with Crippen LogP contribution in [0.25, 0.3) is 0 Å². The van der Waals surface area contributed by atoms with Crippen LogP contribution in [0.2, 0.25) is 0 Å². The molecule has 3 heterocycles. The number of piperidine rings is 1. The highest BCUT2D eigenvalue weighted by atomic mass is 16.5. The van der Waals surface area contributed by atoms with Crippen molar-refractivity contribution in [2.75, 3.05) is 39.8 Å². The van der Waals surface area contributed by atoms with Gasteiger partial charge in [0.15, 0.2) is 0 Å². The van der Waals surface area contributed by atoms with Crippen LogP contribution in [0.15, 0.2) is 24.3 Å². The van der Waals surface area contributed by atoms with E-state index in [4.69, 9.17) is 4.74 Å². The molecule has 4 aliphatic rings. The van der Waals surface area contributed by atoms with E-state index in [0.29, 0.717) is 29.6 Å². The first-order valence-electron chi connectivity index (χ1n) is 9.99. The van der Waals surface area contributed by atoms with E-state index in [1.807, 2.05) is 17.0 Å². The van der Waals surface area contributed by atoms with Gasteiger partial charge >= 0.3 is 0 Å². The number of hydrogen-bond acceptors (Lipinski definition) is 4. The summed E-state index contributed by atoms with van der Waals surface area (Å²) in [5, 5.41) is 3.37. The first-order chi connectivity index (χ1) is 13.1. The lowest BCUT2D eigenvalue weighted by Crippen LogP contribution is -2.38. The van der Waals surface area contributed by atoms with Crippen LogP contribution in [-0.2, 0) is 9.59 Å². The average Bonchev–Trinajstić information content (AvgIpc) is 3.06.